The van der Waals surface area contributed by atoms with E-state index in [0.29, 0.717) is 42.6 Å². The minimum absolute atomic E-state index is 0.0972. The van der Waals surface area contributed by atoms with E-state index in [0.717, 1.165) is 0 Å². The number of rotatable bonds is 3. The van der Waals surface area contributed by atoms with Crippen molar-refractivity contribution in [3.8, 4) is 0 Å². The fourth-order valence-corrected chi connectivity index (χ4v) is 3.95. The first-order valence-corrected chi connectivity index (χ1v) is 8.29. The Morgan fingerprint density at radius 1 is 1.24 bits per heavy atom. The third-order valence-electron chi connectivity index (χ3n) is 3.60. The maximum Gasteiger partial charge on any atom is 0.242 e. The number of sulfonamides is 1. The van der Waals surface area contributed by atoms with Crippen molar-refractivity contribution in [1.29, 1.82) is 0 Å². The molecule has 1 aliphatic rings. The Bertz CT molecular complexity index is 755. The largest absolute Gasteiger partial charge is 0.398 e. The number of nitrogens with one attached hydrogen (secondary N) is 1. The second-order valence-corrected chi connectivity index (χ2v) is 6.74. The first-order chi connectivity index (χ1) is 10.1. The summed E-state index contributed by atoms with van der Waals surface area (Å²) in [7, 11) is -3.63. The predicted molar refractivity (Wildman–Crippen MR) is 80.3 cm³/mol. The van der Waals surface area contributed by atoms with Crippen LogP contribution in [0.5, 0.6) is 0 Å². The number of nitrogens with two attached hydrogens (primary N) is 1. The van der Waals surface area contributed by atoms with Gasteiger partial charge in [-0.3, -0.25) is 4.98 Å². The van der Waals surface area contributed by atoms with Crippen LogP contribution in [0.1, 0.15) is 12.8 Å². The summed E-state index contributed by atoms with van der Waals surface area (Å²) in [5, 5.41) is 0.646. The van der Waals surface area contributed by atoms with Gasteiger partial charge in [-0.25, -0.2) is 13.1 Å². The molecule has 1 aromatic heterocycles. The lowest BCUT2D eigenvalue weighted by molar-refractivity contribution is 0.0832. The molecule has 2 heterocycles. The maximum absolute atomic E-state index is 12.6. The summed E-state index contributed by atoms with van der Waals surface area (Å²) in [6.07, 6.45) is 2.92. The van der Waals surface area contributed by atoms with Crippen molar-refractivity contribution >= 4 is 26.6 Å². The Balaban J connectivity index is 2.00. The van der Waals surface area contributed by atoms with Crippen LogP contribution in [0.2, 0.25) is 0 Å². The Morgan fingerprint density at radius 2 is 2.00 bits per heavy atom. The molecule has 112 valence electrons. The lowest BCUT2D eigenvalue weighted by atomic mass is 10.1. The summed E-state index contributed by atoms with van der Waals surface area (Å²) in [6.45, 7) is 1.15. The van der Waals surface area contributed by atoms with E-state index in [-0.39, 0.29) is 10.9 Å². The number of anilines is 1. The number of fused-ring (bicyclic) bond motifs is 1. The molecule has 2 aromatic rings. The second kappa shape index (κ2) is 5.59. The van der Waals surface area contributed by atoms with Crippen LogP contribution >= 0.6 is 0 Å². The summed E-state index contributed by atoms with van der Waals surface area (Å²) in [5.41, 5.74) is 6.80. The average molecular weight is 307 g/mol. The standard InChI is InChI=1S/C14H17N3O3S/c15-12-3-4-13(14-11(12)2-1-7-16-14)21(18,19)17-10-5-8-20-9-6-10/h1-4,7,10,17H,5-6,8-9,15H2. The molecule has 0 unspecified atom stereocenters. The number of nitrogens with zero attached hydrogens (tertiary/aromatic N) is 1. The summed E-state index contributed by atoms with van der Waals surface area (Å²) in [5.74, 6) is 0. The Labute approximate surface area is 123 Å². The number of aromatic nitrogens is 1. The van der Waals surface area contributed by atoms with Gasteiger partial charge in [0.05, 0.1) is 5.52 Å². The normalized spacial score (nSPS) is 17.1. The van der Waals surface area contributed by atoms with Gasteiger partial charge in [0.25, 0.3) is 0 Å². The summed E-state index contributed by atoms with van der Waals surface area (Å²) in [4.78, 5) is 4.34. The van der Waals surface area contributed by atoms with E-state index in [9.17, 15) is 8.42 Å². The van der Waals surface area contributed by atoms with E-state index >= 15 is 0 Å². The quantitative estimate of drug-likeness (QED) is 0.833. The van der Waals surface area contributed by atoms with Crippen molar-refractivity contribution in [2.45, 2.75) is 23.8 Å². The van der Waals surface area contributed by atoms with Gasteiger partial charge in [-0.1, -0.05) is 0 Å². The number of nitrogen functional groups attached to an aromatic ring is 1. The maximum atomic E-state index is 12.6. The molecular formula is C14H17N3O3S. The SMILES string of the molecule is Nc1ccc(S(=O)(=O)NC2CCOCC2)c2ncccc12. The third kappa shape index (κ3) is 2.85. The number of ether oxygens (including phenoxy) is 1. The van der Waals surface area contributed by atoms with Crippen molar-refractivity contribution in [1.82, 2.24) is 9.71 Å². The van der Waals surface area contributed by atoms with Crippen molar-refractivity contribution in [3.63, 3.8) is 0 Å². The zero-order valence-electron chi connectivity index (χ0n) is 11.5. The van der Waals surface area contributed by atoms with Crippen LogP contribution in [0.3, 0.4) is 0 Å². The first kappa shape index (κ1) is 14.2. The summed E-state index contributed by atoms with van der Waals surface area (Å²) in [6, 6.07) is 6.51. The van der Waals surface area contributed by atoms with Crippen LogP contribution in [-0.4, -0.2) is 32.7 Å². The first-order valence-electron chi connectivity index (χ1n) is 6.81. The van der Waals surface area contributed by atoms with E-state index in [4.69, 9.17) is 10.5 Å². The zero-order chi connectivity index (χ0) is 14.9. The lowest BCUT2D eigenvalue weighted by Crippen LogP contribution is -2.38. The molecule has 6 nitrogen and oxygen atoms in total. The van der Waals surface area contributed by atoms with Gasteiger partial charge in [0.1, 0.15) is 4.90 Å². The Morgan fingerprint density at radius 3 is 2.76 bits per heavy atom. The van der Waals surface area contributed by atoms with Crippen LogP contribution in [0.15, 0.2) is 35.4 Å². The fraction of sp³-hybridized carbons (Fsp3) is 0.357. The molecule has 1 aliphatic heterocycles. The highest BCUT2D eigenvalue weighted by Crippen LogP contribution is 2.26. The van der Waals surface area contributed by atoms with Crippen LogP contribution < -0.4 is 10.5 Å². The van der Waals surface area contributed by atoms with Gasteiger partial charge < -0.3 is 10.5 Å². The summed E-state index contributed by atoms with van der Waals surface area (Å²) >= 11 is 0. The molecular weight excluding hydrogens is 290 g/mol. The topological polar surface area (TPSA) is 94.3 Å². The summed E-state index contributed by atoms with van der Waals surface area (Å²) < 4.78 is 33.2. The van der Waals surface area contributed by atoms with E-state index in [1.54, 1.807) is 24.4 Å². The van der Waals surface area contributed by atoms with Gasteiger partial charge in [0.2, 0.25) is 10.0 Å². The van der Waals surface area contributed by atoms with Crippen LogP contribution in [-0.2, 0) is 14.8 Å². The van der Waals surface area contributed by atoms with Crippen molar-refractivity contribution in [2.75, 3.05) is 18.9 Å². The lowest BCUT2D eigenvalue weighted by Gasteiger charge is -2.23. The van der Waals surface area contributed by atoms with Gasteiger partial charge >= 0.3 is 0 Å². The molecule has 0 saturated carbocycles. The molecule has 1 saturated heterocycles. The van der Waals surface area contributed by atoms with Gasteiger partial charge in [0, 0.05) is 36.5 Å². The van der Waals surface area contributed by atoms with Crippen molar-refractivity contribution in [2.24, 2.45) is 0 Å². The number of hydrogen-bond donors (Lipinski definition) is 2. The molecule has 0 amide bonds. The van der Waals surface area contributed by atoms with Gasteiger partial charge in [-0.2, -0.15) is 0 Å². The van der Waals surface area contributed by atoms with E-state index < -0.39 is 10.0 Å². The van der Waals surface area contributed by atoms with Crippen molar-refractivity contribution in [3.05, 3.63) is 30.5 Å². The van der Waals surface area contributed by atoms with Crippen molar-refractivity contribution < 1.29 is 13.2 Å². The molecule has 3 N–H and O–H groups in total. The fourth-order valence-electron chi connectivity index (χ4n) is 2.48. The average Bonchev–Trinajstić information content (AvgIpc) is 2.48. The highest BCUT2D eigenvalue weighted by Gasteiger charge is 2.24. The highest BCUT2D eigenvalue weighted by atomic mass is 32.2. The third-order valence-corrected chi connectivity index (χ3v) is 5.15. The van der Waals surface area contributed by atoms with Crippen LogP contribution in [0, 0.1) is 0 Å². The minimum atomic E-state index is -3.63. The van der Waals surface area contributed by atoms with E-state index in [2.05, 4.69) is 9.71 Å². The second-order valence-electron chi connectivity index (χ2n) is 5.06. The van der Waals surface area contributed by atoms with Crippen LogP contribution in [0.25, 0.3) is 10.9 Å². The molecule has 0 radical (unpaired) electrons. The monoisotopic (exact) mass is 307 g/mol. The molecule has 0 spiro atoms. The minimum Gasteiger partial charge on any atom is -0.398 e. The van der Waals surface area contributed by atoms with Gasteiger partial charge in [-0.05, 0) is 37.1 Å². The molecule has 0 bridgehead atoms. The number of benzene rings is 1. The van der Waals surface area contributed by atoms with Gasteiger partial charge in [0.15, 0.2) is 0 Å². The highest BCUT2D eigenvalue weighted by molar-refractivity contribution is 7.89. The smallest absolute Gasteiger partial charge is 0.242 e. The Kier molecular flexibility index (Phi) is 3.79. The molecule has 1 fully saturated rings. The molecule has 0 atom stereocenters. The molecule has 21 heavy (non-hydrogen) atoms. The van der Waals surface area contributed by atoms with E-state index in [1.165, 1.54) is 6.07 Å². The van der Waals surface area contributed by atoms with Gasteiger partial charge in [-0.15, -0.1) is 0 Å². The van der Waals surface area contributed by atoms with Crippen LogP contribution in [0.4, 0.5) is 5.69 Å². The number of pyridine rings is 1. The number of hydrogen-bond acceptors (Lipinski definition) is 5. The molecule has 7 heteroatoms. The molecule has 3 rings (SSSR count). The molecule has 1 aromatic carbocycles. The Hall–Kier alpha value is -1.70. The molecule has 0 aliphatic carbocycles. The predicted octanol–water partition coefficient (Wildman–Crippen LogP) is 1.27. The zero-order valence-corrected chi connectivity index (χ0v) is 12.3. The van der Waals surface area contributed by atoms with E-state index in [1.807, 2.05) is 0 Å².